The van der Waals surface area contributed by atoms with Crippen molar-refractivity contribution in [1.82, 2.24) is 10.3 Å². The van der Waals surface area contributed by atoms with Crippen LogP contribution in [0.15, 0.2) is 42.5 Å². The Morgan fingerprint density at radius 3 is 3.00 bits per heavy atom. The molecule has 0 spiro atoms. The van der Waals surface area contributed by atoms with E-state index in [1.165, 1.54) is 26.9 Å². The standard InChI is InChI=1S/C27H25N3O2S/c1-16-2-5-20-23(30-16)6-7-24-27(20)32-19(15-31-24)14-29-13-18-4-9-26-22(11-18)21-10-17(12-28)3-8-25(21)33-26/h2-3,5-8,10,18-19,29H,4,9,11,13-15H2,1H3/t18-,19+/m1/s1. The highest BCUT2D eigenvalue weighted by Gasteiger charge is 2.25. The van der Waals surface area contributed by atoms with Crippen molar-refractivity contribution < 1.29 is 9.47 Å². The summed E-state index contributed by atoms with van der Waals surface area (Å²) in [4.78, 5) is 6.10. The van der Waals surface area contributed by atoms with Gasteiger partial charge >= 0.3 is 0 Å². The van der Waals surface area contributed by atoms with E-state index in [1.54, 1.807) is 0 Å². The summed E-state index contributed by atoms with van der Waals surface area (Å²) in [5.41, 5.74) is 4.13. The maximum absolute atomic E-state index is 9.28. The van der Waals surface area contributed by atoms with E-state index in [-0.39, 0.29) is 6.10 Å². The first kappa shape index (κ1) is 20.5. The molecule has 0 amide bonds. The van der Waals surface area contributed by atoms with Crippen molar-refractivity contribution in [3.05, 3.63) is 64.2 Å². The third-order valence-corrected chi connectivity index (χ3v) is 7.99. The van der Waals surface area contributed by atoms with Crippen molar-refractivity contribution >= 4 is 32.3 Å². The number of thiophene rings is 1. The number of benzene rings is 2. The first-order valence-electron chi connectivity index (χ1n) is 11.5. The Labute approximate surface area is 197 Å². The summed E-state index contributed by atoms with van der Waals surface area (Å²) in [6.45, 7) is 4.25. The predicted octanol–water partition coefficient (Wildman–Crippen LogP) is 5.16. The van der Waals surface area contributed by atoms with E-state index in [2.05, 4.69) is 34.6 Å². The third-order valence-electron chi connectivity index (χ3n) is 6.72. The van der Waals surface area contributed by atoms with E-state index >= 15 is 0 Å². The summed E-state index contributed by atoms with van der Waals surface area (Å²) in [6, 6.07) is 16.4. The fourth-order valence-electron chi connectivity index (χ4n) is 5.02. The summed E-state index contributed by atoms with van der Waals surface area (Å²) in [6.07, 6.45) is 3.36. The lowest BCUT2D eigenvalue weighted by atomic mass is 9.86. The van der Waals surface area contributed by atoms with Crippen LogP contribution in [-0.4, -0.2) is 30.8 Å². The van der Waals surface area contributed by atoms with Crippen molar-refractivity contribution in [2.75, 3.05) is 19.7 Å². The van der Waals surface area contributed by atoms with Gasteiger partial charge in [-0.3, -0.25) is 4.98 Å². The van der Waals surface area contributed by atoms with E-state index in [0.717, 1.165) is 59.6 Å². The number of nitrogens with zero attached hydrogens (tertiary/aromatic N) is 2. The van der Waals surface area contributed by atoms with Crippen LogP contribution in [0.25, 0.3) is 21.0 Å². The first-order valence-corrected chi connectivity index (χ1v) is 12.3. The third kappa shape index (κ3) is 3.82. The van der Waals surface area contributed by atoms with Gasteiger partial charge in [-0.1, -0.05) is 0 Å². The molecule has 2 aromatic carbocycles. The van der Waals surface area contributed by atoms with Crippen LogP contribution in [0.4, 0.5) is 0 Å². The number of aryl methyl sites for hydroxylation is 2. The van der Waals surface area contributed by atoms with Gasteiger partial charge in [-0.25, -0.2) is 0 Å². The fourth-order valence-corrected chi connectivity index (χ4v) is 6.25. The Balaban J connectivity index is 1.11. The molecule has 0 radical (unpaired) electrons. The highest BCUT2D eigenvalue weighted by Crippen LogP contribution is 2.39. The summed E-state index contributed by atoms with van der Waals surface area (Å²) in [5.74, 6) is 2.19. The normalized spacial score (nSPS) is 19.4. The maximum atomic E-state index is 9.28. The minimum absolute atomic E-state index is 0.0243. The lowest BCUT2D eigenvalue weighted by Crippen LogP contribution is -2.40. The van der Waals surface area contributed by atoms with Crippen LogP contribution >= 0.6 is 11.3 Å². The largest absolute Gasteiger partial charge is 0.486 e. The van der Waals surface area contributed by atoms with E-state index in [1.807, 2.05) is 42.5 Å². The molecule has 0 unspecified atom stereocenters. The zero-order valence-corrected chi connectivity index (χ0v) is 19.4. The van der Waals surface area contributed by atoms with Crippen LogP contribution < -0.4 is 14.8 Å². The molecule has 3 heterocycles. The quantitative estimate of drug-likeness (QED) is 0.460. The Bertz CT molecular complexity index is 1400. The zero-order chi connectivity index (χ0) is 22.4. The SMILES string of the molecule is Cc1ccc2c3c(ccc2n1)OC[C@H](CNC[C@@H]1CCc2sc4ccc(C#N)cc4c2C1)O3. The number of aromatic nitrogens is 1. The molecule has 0 saturated carbocycles. The summed E-state index contributed by atoms with van der Waals surface area (Å²) in [7, 11) is 0. The highest BCUT2D eigenvalue weighted by molar-refractivity contribution is 7.19. The van der Waals surface area contributed by atoms with Gasteiger partial charge in [0.25, 0.3) is 0 Å². The van der Waals surface area contributed by atoms with Crippen LogP contribution in [0.2, 0.25) is 0 Å². The van der Waals surface area contributed by atoms with Gasteiger partial charge in [0.2, 0.25) is 0 Å². The van der Waals surface area contributed by atoms with Crippen LogP contribution in [0.1, 0.15) is 28.1 Å². The van der Waals surface area contributed by atoms with Crippen LogP contribution in [0, 0.1) is 24.2 Å². The minimum Gasteiger partial charge on any atom is -0.486 e. The zero-order valence-electron chi connectivity index (χ0n) is 18.6. The number of pyridine rings is 1. The second-order valence-corrected chi connectivity index (χ2v) is 10.2. The topological polar surface area (TPSA) is 67.2 Å². The summed E-state index contributed by atoms with van der Waals surface area (Å²) in [5, 5.41) is 15.2. The molecule has 6 rings (SSSR count). The van der Waals surface area contributed by atoms with Gasteiger partial charge in [-0.05, 0) is 92.1 Å². The molecule has 1 aliphatic heterocycles. The molecule has 2 atom stereocenters. The number of rotatable bonds is 4. The van der Waals surface area contributed by atoms with E-state index < -0.39 is 0 Å². The molecule has 2 aliphatic rings. The Hall–Kier alpha value is -3.14. The Morgan fingerprint density at radius 1 is 1.15 bits per heavy atom. The second-order valence-electron chi connectivity index (χ2n) is 9.06. The molecule has 1 N–H and O–H groups in total. The average molecular weight is 456 g/mol. The smallest absolute Gasteiger partial charge is 0.171 e. The van der Waals surface area contributed by atoms with E-state index in [9.17, 15) is 5.26 Å². The van der Waals surface area contributed by atoms with Gasteiger partial charge in [0.15, 0.2) is 11.5 Å². The molecule has 4 aromatic rings. The molecule has 6 heteroatoms. The number of hydrogen-bond donors (Lipinski definition) is 1. The van der Waals surface area contributed by atoms with Crippen molar-refractivity contribution in [3.8, 4) is 17.6 Å². The Morgan fingerprint density at radius 2 is 2.09 bits per heavy atom. The number of hydrogen-bond acceptors (Lipinski definition) is 6. The van der Waals surface area contributed by atoms with Gasteiger partial charge in [0.1, 0.15) is 12.7 Å². The monoisotopic (exact) mass is 455 g/mol. The van der Waals surface area contributed by atoms with Gasteiger partial charge in [0, 0.05) is 27.2 Å². The van der Waals surface area contributed by atoms with Gasteiger partial charge in [-0.15, -0.1) is 11.3 Å². The average Bonchev–Trinajstić information content (AvgIpc) is 3.21. The van der Waals surface area contributed by atoms with Crippen LogP contribution in [0.5, 0.6) is 11.5 Å². The lowest BCUT2D eigenvalue weighted by Gasteiger charge is -2.29. The molecular formula is C27H25N3O2S. The highest BCUT2D eigenvalue weighted by atomic mass is 32.1. The molecule has 0 saturated heterocycles. The maximum Gasteiger partial charge on any atom is 0.171 e. The van der Waals surface area contributed by atoms with Gasteiger partial charge < -0.3 is 14.8 Å². The molecule has 166 valence electrons. The molecule has 2 aromatic heterocycles. The van der Waals surface area contributed by atoms with Crippen molar-refractivity contribution in [2.45, 2.75) is 32.3 Å². The summed E-state index contributed by atoms with van der Waals surface area (Å²) >= 11 is 1.89. The van der Waals surface area contributed by atoms with Crippen LogP contribution in [-0.2, 0) is 12.8 Å². The number of ether oxygens (including phenoxy) is 2. The van der Waals surface area contributed by atoms with Crippen LogP contribution in [0.3, 0.4) is 0 Å². The lowest BCUT2D eigenvalue weighted by molar-refractivity contribution is 0.0915. The predicted molar refractivity (Wildman–Crippen MR) is 131 cm³/mol. The minimum atomic E-state index is -0.0243. The molecule has 0 bridgehead atoms. The number of fused-ring (bicyclic) bond motifs is 6. The molecule has 5 nitrogen and oxygen atoms in total. The Kier molecular flexibility index (Phi) is 5.17. The van der Waals surface area contributed by atoms with E-state index in [4.69, 9.17) is 9.47 Å². The van der Waals surface area contributed by atoms with Gasteiger partial charge in [-0.2, -0.15) is 5.26 Å². The number of nitriles is 1. The van der Waals surface area contributed by atoms with E-state index in [0.29, 0.717) is 12.5 Å². The van der Waals surface area contributed by atoms with Crippen molar-refractivity contribution in [1.29, 1.82) is 5.26 Å². The van der Waals surface area contributed by atoms with Gasteiger partial charge in [0.05, 0.1) is 17.1 Å². The second kappa shape index (κ2) is 8.33. The molecule has 1 aliphatic carbocycles. The summed E-state index contributed by atoms with van der Waals surface area (Å²) < 4.78 is 13.7. The first-order chi connectivity index (χ1) is 16.2. The van der Waals surface area contributed by atoms with Crippen molar-refractivity contribution in [3.63, 3.8) is 0 Å². The molecule has 33 heavy (non-hydrogen) atoms. The van der Waals surface area contributed by atoms with Crippen molar-refractivity contribution in [2.24, 2.45) is 5.92 Å². The number of nitrogens with one attached hydrogen (secondary N) is 1. The fraction of sp³-hybridized carbons (Fsp3) is 0.333. The molecule has 0 fully saturated rings. The molecular weight excluding hydrogens is 430 g/mol.